The molecule has 3 rings (SSSR count). The minimum Gasteiger partial charge on any atom is -0.508 e. The molecule has 1 aliphatic heterocycles. The first kappa shape index (κ1) is 18.1. The molecule has 0 radical (unpaired) electrons. The lowest BCUT2D eigenvalue weighted by Crippen LogP contribution is -2.50. The Bertz CT molecular complexity index is 832. The first-order chi connectivity index (χ1) is 12.5. The smallest absolute Gasteiger partial charge is 0.257 e. The summed E-state index contributed by atoms with van der Waals surface area (Å²) in [7, 11) is 1.51. The van der Waals surface area contributed by atoms with Crippen LogP contribution in [-0.2, 0) is 0 Å². The van der Waals surface area contributed by atoms with E-state index >= 15 is 0 Å². The lowest BCUT2D eigenvalue weighted by atomic mass is 10.1. The normalized spacial score (nSPS) is 14.2. The third kappa shape index (κ3) is 3.75. The zero-order valence-corrected chi connectivity index (χ0v) is 15.1. The monoisotopic (exact) mass is 374 g/mol. The number of ether oxygens (including phenoxy) is 1. The number of piperazine rings is 1. The summed E-state index contributed by atoms with van der Waals surface area (Å²) in [6, 6.07) is 11.2. The van der Waals surface area contributed by atoms with Crippen LogP contribution in [0, 0.1) is 0 Å². The van der Waals surface area contributed by atoms with Crippen molar-refractivity contribution in [2.45, 2.75) is 0 Å². The zero-order chi connectivity index (χ0) is 18.7. The van der Waals surface area contributed by atoms with Gasteiger partial charge in [0.05, 0.1) is 12.7 Å². The van der Waals surface area contributed by atoms with Crippen molar-refractivity contribution < 1.29 is 19.4 Å². The number of phenols is 1. The Balaban J connectivity index is 1.68. The lowest BCUT2D eigenvalue weighted by molar-refractivity contribution is 0.0533. The molecule has 1 fully saturated rings. The molecular formula is C19H19ClN2O4. The number of phenolic OH excluding ortho intramolecular Hbond substituents is 1. The molecule has 0 bridgehead atoms. The Morgan fingerprint density at radius 1 is 1.00 bits per heavy atom. The van der Waals surface area contributed by atoms with Crippen molar-refractivity contribution in [1.82, 2.24) is 9.80 Å². The third-order valence-electron chi connectivity index (χ3n) is 4.34. The fraction of sp³-hybridized carbons (Fsp3) is 0.263. The predicted molar refractivity (Wildman–Crippen MR) is 97.9 cm³/mol. The molecular weight excluding hydrogens is 356 g/mol. The van der Waals surface area contributed by atoms with E-state index in [0.29, 0.717) is 48.1 Å². The maximum absolute atomic E-state index is 12.8. The Morgan fingerprint density at radius 3 is 2.27 bits per heavy atom. The predicted octanol–water partition coefficient (Wildman–Crippen LogP) is 2.65. The van der Waals surface area contributed by atoms with Crippen LogP contribution in [0.25, 0.3) is 0 Å². The maximum Gasteiger partial charge on any atom is 0.257 e. The molecule has 1 heterocycles. The lowest BCUT2D eigenvalue weighted by Gasteiger charge is -2.35. The number of aromatic hydroxyl groups is 1. The molecule has 136 valence electrons. The molecule has 26 heavy (non-hydrogen) atoms. The van der Waals surface area contributed by atoms with Gasteiger partial charge in [-0.25, -0.2) is 0 Å². The number of carbonyl (C=O) groups excluding carboxylic acids is 2. The molecule has 1 N–H and O–H groups in total. The van der Waals surface area contributed by atoms with E-state index in [1.807, 2.05) is 0 Å². The number of hydrogen-bond acceptors (Lipinski definition) is 4. The zero-order valence-electron chi connectivity index (χ0n) is 14.3. The number of hydrogen-bond donors (Lipinski definition) is 1. The van der Waals surface area contributed by atoms with Crippen molar-refractivity contribution in [2.24, 2.45) is 0 Å². The van der Waals surface area contributed by atoms with Crippen LogP contribution < -0.4 is 4.74 Å². The fourth-order valence-corrected chi connectivity index (χ4v) is 3.12. The van der Waals surface area contributed by atoms with E-state index in [-0.39, 0.29) is 17.6 Å². The second-order valence-electron chi connectivity index (χ2n) is 5.98. The fourth-order valence-electron chi connectivity index (χ4n) is 2.95. The van der Waals surface area contributed by atoms with Crippen LogP contribution in [0.15, 0.2) is 42.5 Å². The van der Waals surface area contributed by atoms with Crippen molar-refractivity contribution in [1.29, 1.82) is 0 Å². The maximum atomic E-state index is 12.8. The van der Waals surface area contributed by atoms with Gasteiger partial charge in [-0.2, -0.15) is 0 Å². The van der Waals surface area contributed by atoms with Crippen LogP contribution in [0.5, 0.6) is 11.5 Å². The Hall–Kier alpha value is -2.73. The van der Waals surface area contributed by atoms with Crippen molar-refractivity contribution in [3.8, 4) is 11.5 Å². The molecule has 0 atom stereocenters. The van der Waals surface area contributed by atoms with Crippen LogP contribution in [-0.4, -0.2) is 60.0 Å². The SMILES string of the molecule is COc1ccc(Cl)cc1C(=O)N1CCN(C(=O)c2cccc(O)c2)CC1. The summed E-state index contributed by atoms with van der Waals surface area (Å²) in [6.45, 7) is 1.67. The highest BCUT2D eigenvalue weighted by molar-refractivity contribution is 6.31. The molecule has 0 saturated carbocycles. The summed E-state index contributed by atoms with van der Waals surface area (Å²) in [6.07, 6.45) is 0. The molecule has 1 saturated heterocycles. The Kier molecular flexibility index (Phi) is 5.32. The summed E-state index contributed by atoms with van der Waals surface area (Å²) in [4.78, 5) is 28.6. The van der Waals surface area contributed by atoms with E-state index in [0.717, 1.165) is 0 Å². The molecule has 2 amide bonds. The van der Waals surface area contributed by atoms with Crippen LogP contribution in [0.4, 0.5) is 0 Å². The molecule has 0 spiro atoms. The summed E-state index contributed by atoms with van der Waals surface area (Å²) >= 11 is 6.00. The van der Waals surface area contributed by atoms with Gasteiger partial charge < -0.3 is 19.6 Å². The summed E-state index contributed by atoms with van der Waals surface area (Å²) in [5.74, 6) is 0.192. The number of nitrogens with zero attached hydrogens (tertiary/aromatic N) is 2. The van der Waals surface area contributed by atoms with Gasteiger partial charge in [0.15, 0.2) is 0 Å². The number of carbonyl (C=O) groups is 2. The van der Waals surface area contributed by atoms with Crippen molar-refractivity contribution in [2.75, 3.05) is 33.3 Å². The molecule has 6 nitrogen and oxygen atoms in total. The molecule has 2 aromatic carbocycles. The van der Waals surface area contributed by atoms with Crippen LogP contribution in [0.3, 0.4) is 0 Å². The molecule has 1 aliphatic rings. The van der Waals surface area contributed by atoms with Gasteiger partial charge in [-0.1, -0.05) is 17.7 Å². The first-order valence-corrected chi connectivity index (χ1v) is 8.58. The van der Waals surface area contributed by atoms with Gasteiger partial charge in [-0.05, 0) is 36.4 Å². The van der Waals surface area contributed by atoms with E-state index in [2.05, 4.69) is 0 Å². The average Bonchev–Trinajstić information content (AvgIpc) is 2.67. The summed E-state index contributed by atoms with van der Waals surface area (Å²) in [5, 5.41) is 9.99. The molecule has 7 heteroatoms. The van der Waals surface area contributed by atoms with Crippen molar-refractivity contribution >= 4 is 23.4 Å². The van der Waals surface area contributed by atoms with Gasteiger partial charge in [-0.3, -0.25) is 9.59 Å². The minimum atomic E-state index is -0.172. The van der Waals surface area contributed by atoms with E-state index < -0.39 is 0 Å². The standard InChI is InChI=1S/C19H19ClN2O4/c1-26-17-6-5-14(20)12-16(17)19(25)22-9-7-21(8-10-22)18(24)13-3-2-4-15(23)11-13/h2-6,11-12,23H,7-10H2,1H3. The van der Waals surface area contributed by atoms with Gasteiger partial charge in [0.2, 0.25) is 0 Å². The number of methoxy groups -OCH3 is 1. The van der Waals surface area contributed by atoms with Crippen molar-refractivity contribution in [3.63, 3.8) is 0 Å². The number of amides is 2. The number of rotatable bonds is 3. The molecule has 2 aromatic rings. The topological polar surface area (TPSA) is 70.1 Å². The van der Waals surface area contributed by atoms with Gasteiger partial charge in [0.1, 0.15) is 11.5 Å². The van der Waals surface area contributed by atoms with Gasteiger partial charge in [-0.15, -0.1) is 0 Å². The van der Waals surface area contributed by atoms with Crippen LogP contribution >= 0.6 is 11.6 Å². The highest BCUT2D eigenvalue weighted by atomic mass is 35.5. The minimum absolute atomic E-state index is 0.0534. The molecule has 0 aliphatic carbocycles. The largest absolute Gasteiger partial charge is 0.508 e. The summed E-state index contributed by atoms with van der Waals surface area (Å²) in [5.41, 5.74) is 0.842. The second kappa shape index (κ2) is 7.66. The molecule has 0 unspecified atom stereocenters. The van der Waals surface area contributed by atoms with Gasteiger partial charge in [0, 0.05) is 36.8 Å². The quantitative estimate of drug-likeness (QED) is 0.896. The Morgan fingerprint density at radius 2 is 1.65 bits per heavy atom. The number of benzene rings is 2. The summed E-state index contributed by atoms with van der Waals surface area (Å²) < 4.78 is 5.25. The second-order valence-corrected chi connectivity index (χ2v) is 6.42. The average molecular weight is 375 g/mol. The van der Waals surface area contributed by atoms with Crippen LogP contribution in [0.1, 0.15) is 20.7 Å². The highest BCUT2D eigenvalue weighted by Gasteiger charge is 2.27. The van der Waals surface area contributed by atoms with E-state index in [1.54, 1.807) is 40.1 Å². The number of halogens is 1. The Labute approximate surface area is 156 Å². The van der Waals surface area contributed by atoms with E-state index in [9.17, 15) is 14.7 Å². The van der Waals surface area contributed by atoms with Crippen LogP contribution in [0.2, 0.25) is 5.02 Å². The van der Waals surface area contributed by atoms with Gasteiger partial charge >= 0.3 is 0 Å². The van der Waals surface area contributed by atoms with Crippen molar-refractivity contribution in [3.05, 3.63) is 58.6 Å². The third-order valence-corrected chi connectivity index (χ3v) is 4.57. The van der Waals surface area contributed by atoms with Gasteiger partial charge in [0.25, 0.3) is 11.8 Å². The van der Waals surface area contributed by atoms with E-state index in [1.165, 1.54) is 19.2 Å². The highest BCUT2D eigenvalue weighted by Crippen LogP contribution is 2.25. The first-order valence-electron chi connectivity index (χ1n) is 8.20. The molecule has 0 aromatic heterocycles. The van der Waals surface area contributed by atoms with E-state index in [4.69, 9.17) is 16.3 Å².